The molecule has 0 unspecified atom stereocenters. The van der Waals surface area contributed by atoms with Crippen molar-refractivity contribution in [2.24, 2.45) is 5.92 Å². The second kappa shape index (κ2) is 11.3. The minimum absolute atomic E-state index is 0.0626. The number of aliphatic hydroxyl groups is 1. The number of aliphatic hydroxyl groups excluding tert-OH is 1. The predicted octanol–water partition coefficient (Wildman–Crippen LogP) is 0.762. The van der Waals surface area contributed by atoms with Gasteiger partial charge in [0.1, 0.15) is 12.1 Å². The van der Waals surface area contributed by atoms with Gasteiger partial charge in [-0.25, -0.2) is 0 Å². The lowest BCUT2D eigenvalue weighted by Crippen LogP contribution is -2.55. The van der Waals surface area contributed by atoms with Gasteiger partial charge in [-0.1, -0.05) is 50.6 Å². The third-order valence-corrected chi connectivity index (χ3v) is 4.50. The lowest BCUT2D eigenvalue weighted by Gasteiger charge is -2.25. The summed E-state index contributed by atoms with van der Waals surface area (Å²) in [6, 6.07) is 7.60. The Morgan fingerprint density at radius 2 is 1.63 bits per heavy atom. The molecule has 150 valence electrons. The van der Waals surface area contributed by atoms with Gasteiger partial charge >= 0.3 is 0 Å². The normalized spacial score (nSPS) is 15.1. The van der Waals surface area contributed by atoms with Crippen molar-refractivity contribution in [3.05, 3.63) is 35.9 Å². The Hall–Kier alpha value is -2.41. The molecule has 0 fully saturated rings. The van der Waals surface area contributed by atoms with Crippen LogP contribution in [0.1, 0.15) is 39.7 Å². The Kier molecular flexibility index (Phi) is 9.50. The summed E-state index contributed by atoms with van der Waals surface area (Å²) in [6.45, 7) is 6.52. The van der Waals surface area contributed by atoms with Crippen LogP contribution in [0.4, 0.5) is 0 Å². The van der Waals surface area contributed by atoms with Gasteiger partial charge in [-0.05, 0) is 24.8 Å². The van der Waals surface area contributed by atoms with E-state index in [0.717, 1.165) is 5.56 Å². The average Bonchev–Trinajstić information content (AvgIpc) is 2.65. The van der Waals surface area contributed by atoms with Crippen molar-refractivity contribution in [1.29, 1.82) is 0 Å². The Morgan fingerprint density at radius 1 is 1.00 bits per heavy atom. The van der Waals surface area contributed by atoms with E-state index in [2.05, 4.69) is 16.0 Å². The molecule has 7 heteroatoms. The number of carbonyl (C=O) groups excluding carboxylic acids is 3. The zero-order valence-electron chi connectivity index (χ0n) is 16.5. The van der Waals surface area contributed by atoms with Crippen molar-refractivity contribution in [3.8, 4) is 0 Å². The van der Waals surface area contributed by atoms with Gasteiger partial charge in [0, 0.05) is 6.92 Å². The molecule has 1 aromatic rings. The SMILES string of the molecule is CC[C@H](C)[C@H](NC(C)=O)C(=O)N[C@@H](C)C(=O)N[C@H](CO)Cc1ccccc1. The van der Waals surface area contributed by atoms with Crippen LogP contribution in [-0.2, 0) is 20.8 Å². The largest absolute Gasteiger partial charge is 0.394 e. The molecule has 0 saturated heterocycles. The van der Waals surface area contributed by atoms with Gasteiger partial charge < -0.3 is 21.1 Å². The third-order valence-electron chi connectivity index (χ3n) is 4.50. The van der Waals surface area contributed by atoms with E-state index in [0.29, 0.717) is 12.8 Å². The summed E-state index contributed by atoms with van der Waals surface area (Å²) in [5.74, 6) is -1.14. The first-order chi connectivity index (χ1) is 12.8. The first-order valence-corrected chi connectivity index (χ1v) is 9.31. The Labute approximate surface area is 160 Å². The van der Waals surface area contributed by atoms with E-state index in [1.807, 2.05) is 44.2 Å². The fourth-order valence-electron chi connectivity index (χ4n) is 2.68. The minimum atomic E-state index is -0.789. The van der Waals surface area contributed by atoms with E-state index >= 15 is 0 Å². The Balaban J connectivity index is 2.65. The van der Waals surface area contributed by atoms with E-state index in [-0.39, 0.29) is 24.3 Å². The molecule has 0 spiro atoms. The van der Waals surface area contributed by atoms with Crippen LogP contribution >= 0.6 is 0 Å². The average molecular weight is 377 g/mol. The second-order valence-corrected chi connectivity index (χ2v) is 6.87. The van der Waals surface area contributed by atoms with Crippen molar-refractivity contribution < 1.29 is 19.5 Å². The predicted molar refractivity (Wildman–Crippen MR) is 104 cm³/mol. The zero-order valence-corrected chi connectivity index (χ0v) is 16.5. The molecule has 1 rings (SSSR count). The van der Waals surface area contributed by atoms with Crippen LogP contribution in [0.15, 0.2) is 30.3 Å². The molecule has 0 saturated carbocycles. The molecular weight excluding hydrogens is 346 g/mol. The lowest BCUT2D eigenvalue weighted by atomic mass is 9.98. The monoisotopic (exact) mass is 377 g/mol. The molecule has 0 aliphatic rings. The molecule has 0 aliphatic carbocycles. The van der Waals surface area contributed by atoms with E-state index in [1.165, 1.54) is 6.92 Å². The van der Waals surface area contributed by atoms with Gasteiger partial charge in [0.25, 0.3) is 0 Å². The summed E-state index contributed by atoms with van der Waals surface area (Å²) < 4.78 is 0. The van der Waals surface area contributed by atoms with Crippen LogP contribution in [0.3, 0.4) is 0 Å². The molecule has 4 atom stereocenters. The summed E-state index contributed by atoms with van der Waals surface area (Å²) in [5, 5.41) is 17.6. The standard InChI is InChI=1S/C20H31N3O4/c1-5-13(2)18(22-15(4)25)20(27)21-14(3)19(26)23-17(12-24)11-16-9-7-6-8-10-16/h6-10,13-14,17-18,24H,5,11-12H2,1-4H3,(H,21,27)(H,22,25)(H,23,26)/t13-,14-,17-,18-/m0/s1. The van der Waals surface area contributed by atoms with E-state index in [4.69, 9.17) is 0 Å². The van der Waals surface area contributed by atoms with Gasteiger partial charge in [-0.15, -0.1) is 0 Å². The van der Waals surface area contributed by atoms with Crippen molar-refractivity contribution >= 4 is 17.7 Å². The maximum Gasteiger partial charge on any atom is 0.243 e. The number of benzene rings is 1. The number of carbonyl (C=O) groups is 3. The Morgan fingerprint density at radius 3 is 2.15 bits per heavy atom. The van der Waals surface area contributed by atoms with Gasteiger partial charge in [-0.3, -0.25) is 14.4 Å². The summed E-state index contributed by atoms with van der Waals surface area (Å²) in [6.07, 6.45) is 1.20. The molecule has 0 aromatic heterocycles. The summed E-state index contributed by atoms with van der Waals surface area (Å²) in [7, 11) is 0. The van der Waals surface area contributed by atoms with Gasteiger partial charge in [0.2, 0.25) is 17.7 Å². The van der Waals surface area contributed by atoms with Crippen molar-refractivity contribution in [2.45, 2.75) is 58.7 Å². The molecule has 3 amide bonds. The fourth-order valence-corrected chi connectivity index (χ4v) is 2.68. The lowest BCUT2D eigenvalue weighted by molar-refractivity contribution is -0.132. The number of hydrogen-bond donors (Lipinski definition) is 4. The molecule has 0 radical (unpaired) electrons. The van der Waals surface area contributed by atoms with Gasteiger partial charge in [-0.2, -0.15) is 0 Å². The van der Waals surface area contributed by atoms with E-state index in [9.17, 15) is 19.5 Å². The van der Waals surface area contributed by atoms with Crippen LogP contribution in [0.25, 0.3) is 0 Å². The second-order valence-electron chi connectivity index (χ2n) is 6.87. The van der Waals surface area contributed by atoms with Crippen LogP contribution in [0.5, 0.6) is 0 Å². The van der Waals surface area contributed by atoms with Crippen LogP contribution in [0, 0.1) is 5.92 Å². The first kappa shape index (κ1) is 22.6. The topological polar surface area (TPSA) is 108 Å². The number of rotatable bonds is 10. The van der Waals surface area contributed by atoms with Crippen LogP contribution < -0.4 is 16.0 Å². The number of hydrogen-bond acceptors (Lipinski definition) is 4. The number of amides is 3. The van der Waals surface area contributed by atoms with Crippen molar-refractivity contribution in [2.75, 3.05) is 6.61 Å². The fraction of sp³-hybridized carbons (Fsp3) is 0.550. The van der Waals surface area contributed by atoms with Crippen molar-refractivity contribution in [1.82, 2.24) is 16.0 Å². The highest BCUT2D eigenvalue weighted by Gasteiger charge is 2.28. The van der Waals surface area contributed by atoms with Crippen molar-refractivity contribution in [3.63, 3.8) is 0 Å². The molecule has 0 heterocycles. The summed E-state index contributed by atoms with van der Waals surface area (Å²) >= 11 is 0. The number of nitrogens with one attached hydrogen (secondary N) is 3. The summed E-state index contributed by atoms with van der Waals surface area (Å²) in [4.78, 5) is 36.2. The quantitative estimate of drug-likeness (QED) is 0.483. The van der Waals surface area contributed by atoms with Gasteiger partial charge in [0.05, 0.1) is 12.6 Å². The van der Waals surface area contributed by atoms with E-state index in [1.54, 1.807) is 6.92 Å². The zero-order chi connectivity index (χ0) is 20.4. The molecular formula is C20H31N3O4. The first-order valence-electron chi connectivity index (χ1n) is 9.31. The molecule has 27 heavy (non-hydrogen) atoms. The molecule has 7 nitrogen and oxygen atoms in total. The maximum absolute atomic E-state index is 12.5. The molecule has 0 bridgehead atoms. The third kappa shape index (κ3) is 7.78. The van der Waals surface area contributed by atoms with Crippen LogP contribution in [0.2, 0.25) is 0 Å². The molecule has 0 aliphatic heterocycles. The van der Waals surface area contributed by atoms with E-state index < -0.39 is 24.0 Å². The highest BCUT2D eigenvalue weighted by atomic mass is 16.3. The molecule has 4 N–H and O–H groups in total. The van der Waals surface area contributed by atoms with Gasteiger partial charge in [0.15, 0.2) is 0 Å². The highest BCUT2D eigenvalue weighted by Crippen LogP contribution is 2.08. The smallest absolute Gasteiger partial charge is 0.243 e. The Bertz CT molecular complexity index is 621. The highest BCUT2D eigenvalue weighted by molar-refractivity contribution is 5.91. The summed E-state index contributed by atoms with van der Waals surface area (Å²) in [5.41, 5.74) is 0.996. The molecule has 1 aromatic carbocycles. The maximum atomic E-state index is 12.5. The minimum Gasteiger partial charge on any atom is -0.394 e. The van der Waals surface area contributed by atoms with Crippen LogP contribution in [-0.4, -0.2) is 47.6 Å².